The van der Waals surface area contributed by atoms with Crippen LogP contribution < -0.4 is 5.32 Å². The molecule has 1 N–H and O–H groups in total. The molecule has 0 spiro atoms. The molecule has 1 heterocycles. The van der Waals surface area contributed by atoms with Crippen LogP contribution in [0, 0.1) is 5.92 Å². The second kappa shape index (κ2) is 6.12. The summed E-state index contributed by atoms with van der Waals surface area (Å²) < 4.78 is 5.53. The Morgan fingerprint density at radius 2 is 2.00 bits per heavy atom. The molecule has 1 aliphatic heterocycles. The second-order valence-corrected chi connectivity index (χ2v) is 6.92. The number of amides is 1. The normalized spacial score (nSPS) is 25.6. The number of rotatable bonds is 2. The van der Waals surface area contributed by atoms with Gasteiger partial charge in [-0.1, -0.05) is 25.7 Å². The highest BCUT2D eigenvalue weighted by molar-refractivity contribution is 5.68. The summed E-state index contributed by atoms with van der Waals surface area (Å²) in [7, 11) is 0. The summed E-state index contributed by atoms with van der Waals surface area (Å²) >= 11 is 0. The third-order valence-corrected chi connectivity index (χ3v) is 4.06. The number of nitrogens with one attached hydrogen (secondary N) is 1. The zero-order valence-electron chi connectivity index (χ0n) is 12.6. The van der Waals surface area contributed by atoms with Crippen LogP contribution in [0.3, 0.4) is 0 Å². The molecule has 4 nitrogen and oxygen atoms in total. The predicted molar refractivity (Wildman–Crippen MR) is 76.2 cm³/mol. The molecule has 0 aromatic rings. The number of piperazine rings is 1. The maximum Gasteiger partial charge on any atom is 0.410 e. The van der Waals surface area contributed by atoms with Crippen molar-refractivity contribution in [2.45, 2.75) is 64.5 Å². The molecule has 0 radical (unpaired) electrons. The van der Waals surface area contributed by atoms with Gasteiger partial charge in [0.2, 0.25) is 0 Å². The maximum atomic E-state index is 12.3. The number of ether oxygens (including phenoxy) is 1. The van der Waals surface area contributed by atoms with Crippen molar-refractivity contribution in [2.75, 3.05) is 19.6 Å². The molecular formula is C15H28N2O2. The van der Waals surface area contributed by atoms with E-state index in [4.69, 9.17) is 4.74 Å². The molecule has 1 saturated carbocycles. The molecule has 2 fully saturated rings. The Morgan fingerprint density at radius 3 is 2.63 bits per heavy atom. The fourth-order valence-corrected chi connectivity index (χ4v) is 3.16. The number of carbonyl (C=O) groups is 1. The van der Waals surface area contributed by atoms with E-state index in [1.165, 1.54) is 25.7 Å². The molecule has 1 amide bonds. The fourth-order valence-electron chi connectivity index (χ4n) is 3.16. The molecule has 110 valence electrons. The molecule has 0 bridgehead atoms. The molecule has 0 aromatic carbocycles. The van der Waals surface area contributed by atoms with Crippen LogP contribution in [-0.2, 0) is 4.74 Å². The Morgan fingerprint density at radius 1 is 1.32 bits per heavy atom. The summed E-state index contributed by atoms with van der Waals surface area (Å²) in [4.78, 5) is 14.2. The molecular weight excluding hydrogens is 240 g/mol. The van der Waals surface area contributed by atoms with Gasteiger partial charge in [-0.25, -0.2) is 4.79 Å². The van der Waals surface area contributed by atoms with Crippen molar-refractivity contribution < 1.29 is 9.53 Å². The Kier molecular flexibility index (Phi) is 4.71. The van der Waals surface area contributed by atoms with E-state index in [0.29, 0.717) is 6.04 Å². The Labute approximate surface area is 116 Å². The van der Waals surface area contributed by atoms with E-state index in [1.54, 1.807) is 0 Å². The monoisotopic (exact) mass is 268 g/mol. The molecule has 1 atom stereocenters. The number of hydrogen-bond donors (Lipinski definition) is 1. The summed E-state index contributed by atoms with van der Waals surface area (Å²) in [6, 6.07) is 0.312. The Balaban J connectivity index is 1.92. The van der Waals surface area contributed by atoms with E-state index in [-0.39, 0.29) is 6.09 Å². The van der Waals surface area contributed by atoms with Crippen LogP contribution in [0.15, 0.2) is 0 Å². The van der Waals surface area contributed by atoms with Gasteiger partial charge in [0.05, 0.1) is 0 Å². The van der Waals surface area contributed by atoms with E-state index in [9.17, 15) is 4.79 Å². The lowest BCUT2D eigenvalue weighted by molar-refractivity contribution is 0.00943. The minimum Gasteiger partial charge on any atom is -0.444 e. The van der Waals surface area contributed by atoms with Gasteiger partial charge < -0.3 is 15.0 Å². The highest BCUT2D eigenvalue weighted by Gasteiger charge is 2.32. The molecule has 2 aliphatic rings. The third-order valence-electron chi connectivity index (χ3n) is 4.06. The van der Waals surface area contributed by atoms with Crippen LogP contribution in [-0.4, -0.2) is 42.3 Å². The quantitative estimate of drug-likeness (QED) is 0.837. The first-order chi connectivity index (χ1) is 8.96. The maximum absolute atomic E-state index is 12.3. The molecule has 1 aliphatic carbocycles. The van der Waals surface area contributed by atoms with Crippen LogP contribution in [0.25, 0.3) is 0 Å². The fraction of sp³-hybridized carbons (Fsp3) is 0.933. The number of carbonyl (C=O) groups excluding carboxylic acids is 1. The highest BCUT2D eigenvalue weighted by atomic mass is 16.6. The lowest BCUT2D eigenvalue weighted by Gasteiger charge is -2.38. The van der Waals surface area contributed by atoms with E-state index >= 15 is 0 Å². The van der Waals surface area contributed by atoms with Gasteiger partial charge in [0, 0.05) is 25.7 Å². The minimum absolute atomic E-state index is 0.142. The van der Waals surface area contributed by atoms with Gasteiger partial charge in [0.15, 0.2) is 0 Å². The molecule has 2 rings (SSSR count). The van der Waals surface area contributed by atoms with E-state index in [2.05, 4.69) is 5.32 Å². The van der Waals surface area contributed by atoms with Crippen molar-refractivity contribution in [3.05, 3.63) is 0 Å². The predicted octanol–water partition coefficient (Wildman–Crippen LogP) is 2.78. The molecule has 4 heteroatoms. The third kappa shape index (κ3) is 4.37. The van der Waals surface area contributed by atoms with E-state index in [0.717, 1.165) is 32.0 Å². The first kappa shape index (κ1) is 14.6. The SMILES string of the molecule is CC(C)(C)OC(=O)N1CCNCC1CC1CCCC1. The van der Waals surface area contributed by atoms with Gasteiger partial charge in [-0.15, -0.1) is 0 Å². The van der Waals surface area contributed by atoms with Gasteiger partial charge in [-0.2, -0.15) is 0 Å². The van der Waals surface area contributed by atoms with Crippen molar-refractivity contribution in [1.29, 1.82) is 0 Å². The zero-order chi connectivity index (χ0) is 13.9. The van der Waals surface area contributed by atoms with Crippen molar-refractivity contribution in [3.8, 4) is 0 Å². The standard InChI is InChI=1S/C15H28N2O2/c1-15(2,3)19-14(18)17-9-8-16-11-13(17)10-12-6-4-5-7-12/h12-13,16H,4-11H2,1-3H3. The van der Waals surface area contributed by atoms with Crippen LogP contribution in [0.4, 0.5) is 4.79 Å². The van der Waals surface area contributed by atoms with Crippen LogP contribution >= 0.6 is 0 Å². The Hall–Kier alpha value is -0.770. The smallest absolute Gasteiger partial charge is 0.410 e. The number of hydrogen-bond acceptors (Lipinski definition) is 3. The lowest BCUT2D eigenvalue weighted by atomic mass is 9.96. The van der Waals surface area contributed by atoms with Gasteiger partial charge in [-0.05, 0) is 33.1 Å². The molecule has 19 heavy (non-hydrogen) atoms. The van der Waals surface area contributed by atoms with Crippen molar-refractivity contribution in [3.63, 3.8) is 0 Å². The first-order valence-corrected chi connectivity index (χ1v) is 7.66. The second-order valence-electron chi connectivity index (χ2n) is 6.92. The first-order valence-electron chi connectivity index (χ1n) is 7.66. The van der Waals surface area contributed by atoms with Gasteiger partial charge in [-0.3, -0.25) is 0 Å². The topological polar surface area (TPSA) is 41.6 Å². The zero-order valence-corrected chi connectivity index (χ0v) is 12.6. The van der Waals surface area contributed by atoms with Gasteiger partial charge >= 0.3 is 6.09 Å². The summed E-state index contributed by atoms with van der Waals surface area (Å²) in [5.74, 6) is 0.801. The summed E-state index contributed by atoms with van der Waals surface area (Å²) in [5, 5.41) is 3.41. The van der Waals surface area contributed by atoms with Crippen molar-refractivity contribution in [1.82, 2.24) is 10.2 Å². The average Bonchev–Trinajstić information content (AvgIpc) is 2.80. The summed E-state index contributed by atoms with van der Waals surface area (Å²) in [6.07, 6.45) is 6.37. The summed E-state index contributed by atoms with van der Waals surface area (Å²) in [5.41, 5.74) is -0.403. The van der Waals surface area contributed by atoms with Crippen LogP contribution in [0.1, 0.15) is 52.9 Å². The van der Waals surface area contributed by atoms with Gasteiger partial charge in [0.25, 0.3) is 0 Å². The van der Waals surface area contributed by atoms with Crippen molar-refractivity contribution >= 4 is 6.09 Å². The molecule has 1 unspecified atom stereocenters. The van der Waals surface area contributed by atoms with E-state index in [1.807, 2.05) is 25.7 Å². The molecule has 0 aromatic heterocycles. The van der Waals surface area contributed by atoms with Crippen LogP contribution in [0.5, 0.6) is 0 Å². The highest BCUT2D eigenvalue weighted by Crippen LogP contribution is 2.30. The Bertz CT molecular complexity index is 306. The summed E-state index contributed by atoms with van der Waals surface area (Å²) in [6.45, 7) is 8.35. The van der Waals surface area contributed by atoms with Gasteiger partial charge in [0.1, 0.15) is 5.60 Å². The van der Waals surface area contributed by atoms with Crippen LogP contribution in [0.2, 0.25) is 0 Å². The van der Waals surface area contributed by atoms with Crippen molar-refractivity contribution in [2.24, 2.45) is 5.92 Å². The largest absolute Gasteiger partial charge is 0.444 e. The number of nitrogens with zero attached hydrogens (tertiary/aromatic N) is 1. The molecule has 1 saturated heterocycles. The van der Waals surface area contributed by atoms with E-state index < -0.39 is 5.60 Å². The minimum atomic E-state index is -0.403. The average molecular weight is 268 g/mol. The lowest BCUT2D eigenvalue weighted by Crippen LogP contribution is -2.55.